The van der Waals surface area contributed by atoms with Crippen LogP contribution in [-0.4, -0.2) is 25.5 Å². The summed E-state index contributed by atoms with van der Waals surface area (Å²) in [5.74, 6) is -0.418. The average molecular weight is 439 g/mol. The van der Waals surface area contributed by atoms with Crippen LogP contribution in [0.25, 0.3) is 0 Å². The van der Waals surface area contributed by atoms with Gasteiger partial charge in [-0.25, -0.2) is 8.42 Å². The number of nitrogens with zero attached hydrogens (tertiary/aromatic N) is 2. The first-order valence-electron chi connectivity index (χ1n) is 9.33. The Labute approximate surface area is 180 Å². The molecular formula is C22H21N3O5S. The number of carbonyl (C=O) groups excluding carboxylic acids is 1. The van der Waals surface area contributed by atoms with E-state index in [0.717, 1.165) is 6.26 Å². The molecule has 0 heterocycles. The maximum atomic E-state index is 12.6. The normalized spacial score (nSPS) is 11.0. The molecule has 3 aromatic carbocycles. The quantitative estimate of drug-likeness (QED) is 0.440. The van der Waals surface area contributed by atoms with E-state index >= 15 is 0 Å². The molecule has 3 aromatic rings. The summed E-state index contributed by atoms with van der Waals surface area (Å²) in [5.41, 5.74) is 2.54. The fourth-order valence-electron chi connectivity index (χ4n) is 2.97. The molecule has 0 spiro atoms. The van der Waals surface area contributed by atoms with E-state index in [9.17, 15) is 23.3 Å². The maximum Gasteiger partial charge on any atom is 0.271 e. The zero-order valence-electron chi connectivity index (χ0n) is 17.0. The third-order valence-corrected chi connectivity index (χ3v) is 5.81. The topological polar surface area (TPSA) is 110 Å². The maximum absolute atomic E-state index is 12.6. The molecule has 0 saturated heterocycles. The summed E-state index contributed by atoms with van der Waals surface area (Å²) in [6.45, 7) is 1.86. The Morgan fingerprint density at radius 3 is 2.26 bits per heavy atom. The molecule has 160 valence electrons. The minimum Gasteiger partial charge on any atom is -0.321 e. The number of aryl methyl sites for hydroxylation is 1. The van der Waals surface area contributed by atoms with E-state index in [4.69, 9.17) is 0 Å². The number of nitrogens with one attached hydrogen (secondary N) is 1. The Hall–Kier alpha value is -3.72. The summed E-state index contributed by atoms with van der Waals surface area (Å²) < 4.78 is 25.8. The fraction of sp³-hybridized carbons (Fsp3) is 0.136. The van der Waals surface area contributed by atoms with Crippen molar-refractivity contribution >= 4 is 33.0 Å². The average Bonchev–Trinajstić information content (AvgIpc) is 2.73. The highest BCUT2D eigenvalue weighted by molar-refractivity contribution is 7.92. The summed E-state index contributed by atoms with van der Waals surface area (Å²) >= 11 is 0. The van der Waals surface area contributed by atoms with Crippen molar-refractivity contribution in [1.82, 2.24) is 0 Å². The Kier molecular flexibility index (Phi) is 6.36. The number of hydrogen-bond acceptors (Lipinski definition) is 5. The van der Waals surface area contributed by atoms with Gasteiger partial charge in [0.2, 0.25) is 10.0 Å². The van der Waals surface area contributed by atoms with Gasteiger partial charge in [0.25, 0.3) is 11.6 Å². The molecule has 1 amide bonds. The van der Waals surface area contributed by atoms with Crippen LogP contribution in [0, 0.1) is 17.0 Å². The number of para-hydroxylation sites is 1. The van der Waals surface area contributed by atoms with E-state index in [0.29, 0.717) is 28.1 Å². The number of benzene rings is 3. The van der Waals surface area contributed by atoms with E-state index in [1.165, 1.54) is 16.4 Å². The Morgan fingerprint density at radius 1 is 1.03 bits per heavy atom. The van der Waals surface area contributed by atoms with Gasteiger partial charge in [-0.3, -0.25) is 19.2 Å². The molecule has 0 aliphatic rings. The third-order valence-electron chi connectivity index (χ3n) is 4.67. The molecule has 0 atom stereocenters. The van der Waals surface area contributed by atoms with Gasteiger partial charge in [0.15, 0.2) is 0 Å². The highest BCUT2D eigenvalue weighted by Crippen LogP contribution is 2.23. The van der Waals surface area contributed by atoms with Crippen LogP contribution in [-0.2, 0) is 16.6 Å². The Morgan fingerprint density at radius 2 is 1.68 bits per heavy atom. The molecule has 0 saturated carbocycles. The van der Waals surface area contributed by atoms with Crippen molar-refractivity contribution in [3.05, 3.63) is 99.6 Å². The lowest BCUT2D eigenvalue weighted by molar-refractivity contribution is -0.384. The van der Waals surface area contributed by atoms with Crippen LogP contribution in [0.2, 0.25) is 0 Å². The van der Waals surface area contributed by atoms with Crippen molar-refractivity contribution in [2.45, 2.75) is 13.5 Å². The van der Waals surface area contributed by atoms with Crippen LogP contribution in [0.5, 0.6) is 0 Å². The first-order valence-corrected chi connectivity index (χ1v) is 11.2. The third kappa shape index (κ3) is 5.46. The van der Waals surface area contributed by atoms with Crippen molar-refractivity contribution in [2.75, 3.05) is 15.9 Å². The van der Waals surface area contributed by atoms with Crippen LogP contribution in [0.15, 0.2) is 72.8 Å². The molecular weight excluding hydrogens is 418 g/mol. The largest absolute Gasteiger partial charge is 0.321 e. The predicted octanol–water partition coefficient (Wildman–Crippen LogP) is 4.12. The van der Waals surface area contributed by atoms with Crippen molar-refractivity contribution in [1.29, 1.82) is 0 Å². The molecule has 1 N–H and O–H groups in total. The minimum absolute atomic E-state index is 0.113. The van der Waals surface area contributed by atoms with Crippen LogP contribution in [0.4, 0.5) is 17.1 Å². The van der Waals surface area contributed by atoms with Crippen molar-refractivity contribution in [3.63, 3.8) is 0 Å². The highest BCUT2D eigenvalue weighted by Gasteiger charge is 2.18. The number of non-ortho nitro benzene ring substituents is 1. The molecule has 0 fully saturated rings. The van der Waals surface area contributed by atoms with Crippen molar-refractivity contribution in [3.8, 4) is 0 Å². The molecule has 0 radical (unpaired) electrons. The lowest BCUT2D eigenvalue weighted by atomic mass is 10.1. The van der Waals surface area contributed by atoms with Crippen molar-refractivity contribution in [2.24, 2.45) is 0 Å². The summed E-state index contributed by atoms with van der Waals surface area (Å²) in [4.78, 5) is 23.0. The van der Waals surface area contributed by atoms with Crippen LogP contribution < -0.4 is 9.62 Å². The number of sulfonamides is 1. The Balaban J connectivity index is 1.77. The smallest absolute Gasteiger partial charge is 0.271 e. The predicted molar refractivity (Wildman–Crippen MR) is 120 cm³/mol. The van der Waals surface area contributed by atoms with Crippen molar-refractivity contribution < 1.29 is 18.1 Å². The molecule has 8 nitrogen and oxygen atoms in total. The molecule has 31 heavy (non-hydrogen) atoms. The summed E-state index contributed by atoms with van der Waals surface area (Å²) in [6, 6.07) is 19.5. The van der Waals surface area contributed by atoms with Gasteiger partial charge >= 0.3 is 0 Å². The number of hydrogen-bond donors (Lipinski definition) is 1. The minimum atomic E-state index is -3.50. The second-order valence-electron chi connectivity index (χ2n) is 7.01. The number of rotatable bonds is 7. The molecule has 0 unspecified atom stereocenters. The van der Waals surface area contributed by atoms with Crippen LogP contribution >= 0.6 is 0 Å². The van der Waals surface area contributed by atoms with Gasteiger partial charge < -0.3 is 5.32 Å². The monoisotopic (exact) mass is 439 g/mol. The lowest BCUT2D eigenvalue weighted by Crippen LogP contribution is -2.29. The summed E-state index contributed by atoms with van der Waals surface area (Å²) in [6.07, 6.45) is 1.14. The number of anilines is 2. The first-order chi connectivity index (χ1) is 14.6. The zero-order chi connectivity index (χ0) is 22.6. The second-order valence-corrected chi connectivity index (χ2v) is 8.92. The fourth-order valence-corrected chi connectivity index (χ4v) is 3.86. The molecule has 0 aliphatic carbocycles. The lowest BCUT2D eigenvalue weighted by Gasteiger charge is -2.22. The van der Waals surface area contributed by atoms with Gasteiger partial charge in [-0.2, -0.15) is 0 Å². The Bertz CT molecular complexity index is 1210. The number of nitro benzene ring substituents is 1. The second kappa shape index (κ2) is 8.97. The van der Waals surface area contributed by atoms with E-state index < -0.39 is 20.9 Å². The van der Waals surface area contributed by atoms with Gasteiger partial charge in [-0.15, -0.1) is 0 Å². The number of amides is 1. The molecule has 0 aromatic heterocycles. The SMILES string of the molecule is Cc1ccc([N+](=O)[O-])cc1NC(=O)c1ccc(CN(c2ccccc2)S(C)(=O)=O)cc1. The van der Waals surface area contributed by atoms with Crippen LogP contribution in [0.3, 0.4) is 0 Å². The summed E-state index contributed by atoms with van der Waals surface area (Å²) in [7, 11) is -3.50. The van der Waals surface area contributed by atoms with Gasteiger partial charge in [-0.1, -0.05) is 36.4 Å². The molecule has 3 rings (SSSR count). The van der Waals surface area contributed by atoms with E-state index in [-0.39, 0.29) is 12.2 Å². The van der Waals surface area contributed by atoms with Gasteiger partial charge in [0, 0.05) is 17.7 Å². The van der Waals surface area contributed by atoms with Gasteiger partial charge in [0.1, 0.15) is 0 Å². The van der Waals surface area contributed by atoms with Crippen LogP contribution in [0.1, 0.15) is 21.5 Å². The van der Waals surface area contributed by atoms with E-state index in [1.807, 2.05) is 0 Å². The van der Waals surface area contributed by atoms with Gasteiger partial charge in [-0.05, 0) is 42.3 Å². The number of carbonyl (C=O) groups is 1. The number of nitro groups is 1. The standard InChI is InChI=1S/C22H21N3O5S/c1-16-8-13-20(25(27)28)14-21(16)23-22(26)18-11-9-17(10-12-18)15-24(31(2,29)30)19-6-4-3-5-7-19/h3-14H,15H2,1-2H3,(H,23,26). The first kappa shape index (κ1) is 22.0. The van der Waals surface area contributed by atoms with E-state index in [2.05, 4.69) is 5.32 Å². The highest BCUT2D eigenvalue weighted by atomic mass is 32.2. The molecule has 0 bridgehead atoms. The molecule has 0 aliphatic heterocycles. The molecule has 9 heteroatoms. The zero-order valence-corrected chi connectivity index (χ0v) is 17.8. The van der Waals surface area contributed by atoms with E-state index in [1.54, 1.807) is 67.6 Å². The summed E-state index contributed by atoms with van der Waals surface area (Å²) in [5, 5.41) is 13.6. The van der Waals surface area contributed by atoms with Gasteiger partial charge in [0.05, 0.1) is 29.1 Å².